The Hall–Kier alpha value is -1.56. The van der Waals surface area contributed by atoms with E-state index in [0.717, 1.165) is 43.6 Å². The maximum absolute atomic E-state index is 9.61. The minimum absolute atomic E-state index is 0.812. The number of hydrogen-bond acceptors (Lipinski definition) is 3. The van der Waals surface area contributed by atoms with Gasteiger partial charge in [0.1, 0.15) is 11.9 Å². The Balaban J connectivity index is 2.28. The van der Waals surface area contributed by atoms with Crippen LogP contribution in [0, 0.1) is 11.3 Å². The predicted octanol–water partition coefficient (Wildman–Crippen LogP) is 4.78. The van der Waals surface area contributed by atoms with Crippen LogP contribution in [0.5, 0.6) is 0 Å². The molecule has 3 heteroatoms. The lowest BCUT2D eigenvalue weighted by atomic mass is 9.86. The summed E-state index contributed by atoms with van der Waals surface area (Å²) < 4.78 is 0. The van der Waals surface area contributed by atoms with Crippen molar-refractivity contribution in [2.24, 2.45) is 0 Å². The molecule has 1 aromatic heterocycles. The Bertz CT molecular complexity index is 528. The van der Waals surface area contributed by atoms with Gasteiger partial charge < -0.3 is 5.32 Å². The first kappa shape index (κ1) is 16.8. The van der Waals surface area contributed by atoms with E-state index in [1.54, 1.807) is 0 Å². The first-order chi connectivity index (χ1) is 10.8. The van der Waals surface area contributed by atoms with Crippen LogP contribution < -0.4 is 5.32 Å². The quantitative estimate of drug-likeness (QED) is 0.703. The van der Waals surface area contributed by atoms with Gasteiger partial charge >= 0.3 is 0 Å². The average Bonchev–Trinajstić information content (AvgIpc) is 2.56. The van der Waals surface area contributed by atoms with Gasteiger partial charge in [-0.3, -0.25) is 0 Å². The van der Waals surface area contributed by atoms with Gasteiger partial charge in [-0.25, -0.2) is 4.98 Å². The van der Waals surface area contributed by atoms with E-state index in [2.05, 4.69) is 25.2 Å². The molecular formula is C19H29N3. The number of rotatable bonds is 8. The minimum Gasteiger partial charge on any atom is -0.369 e. The second-order valence-corrected chi connectivity index (χ2v) is 6.30. The second-order valence-electron chi connectivity index (χ2n) is 6.30. The van der Waals surface area contributed by atoms with Crippen molar-refractivity contribution in [3.8, 4) is 6.07 Å². The molecule has 0 fully saturated rings. The maximum Gasteiger partial charge on any atom is 0.144 e. The topological polar surface area (TPSA) is 48.7 Å². The van der Waals surface area contributed by atoms with E-state index in [1.807, 2.05) is 0 Å². The Morgan fingerprint density at radius 2 is 1.77 bits per heavy atom. The molecule has 1 heterocycles. The van der Waals surface area contributed by atoms with Crippen molar-refractivity contribution < 1.29 is 0 Å². The molecule has 1 aliphatic rings. The molecule has 0 saturated carbocycles. The number of hydrogen-bond donors (Lipinski definition) is 1. The maximum atomic E-state index is 9.61. The van der Waals surface area contributed by atoms with Gasteiger partial charge in [-0.1, -0.05) is 33.1 Å². The highest BCUT2D eigenvalue weighted by atomic mass is 15.0. The first-order valence-corrected chi connectivity index (χ1v) is 9.00. The van der Waals surface area contributed by atoms with E-state index < -0.39 is 0 Å². The summed E-state index contributed by atoms with van der Waals surface area (Å²) in [5.74, 6) is 0.838. The number of nitriles is 1. The summed E-state index contributed by atoms with van der Waals surface area (Å²) in [7, 11) is 0. The van der Waals surface area contributed by atoms with Crippen molar-refractivity contribution in [3.05, 3.63) is 22.4 Å². The van der Waals surface area contributed by atoms with Crippen LogP contribution in [0.3, 0.4) is 0 Å². The van der Waals surface area contributed by atoms with E-state index in [0.29, 0.717) is 0 Å². The fraction of sp³-hybridized carbons (Fsp3) is 0.684. The molecule has 0 bridgehead atoms. The van der Waals surface area contributed by atoms with Crippen molar-refractivity contribution in [1.82, 2.24) is 4.98 Å². The summed E-state index contributed by atoms with van der Waals surface area (Å²) in [5, 5.41) is 13.0. The van der Waals surface area contributed by atoms with E-state index in [1.165, 1.54) is 55.3 Å². The zero-order chi connectivity index (χ0) is 15.8. The van der Waals surface area contributed by atoms with Crippen molar-refractivity contribution in [3.63, 3.8) is 0 Å². The molecule has 0 amide bonds. The number of anilines is 1. The molecule has 0 radical (unpaired) electrons. The highest BCUT2D eigenvalue weighted by molar-refractivity contribution is 5.60. The third kappa shape index (κ3) is 4.00. The third-order valence-corrected chi connectivity index (χ3v) is 4.55. The van der Waals surface area contributed by atoms with E-state index in [-0.39, 0.29) is 0 Å². The van der Waals surface area contributed by atoms with Crippen LogP contribution in [-0.4, -0.2) is 11.5 Å². The van der Waals surface area contributed by atoms with Crippen molar-refractivity contribution in [2.75, 3.05) is 11.9 Å². The van der Waals surface area contributed by atoms with Gasteiger partial charge in [0.15, 0.2) is 0 Å². The summed E-state index contributed by atoms with van der Waals surface area (Å²) in [6, 6.07) is 2.42. The fourth-order valence-electron chi connectivity index (χ4n) is 3.28. The Labute approximate surface area is 135 Å². The summed E-state index contributed by atoms with van der Waals surface area (Å²) in [4.78, 5) is 4.86. The van der Waals surface area contributed by atoms with Crippen molar-refractivity contribution in [2.45, 2.75) is 78.1 Å². The molecule has 0 saturated heterocycles. The van der Waals surface area contributed by atoms with Gasteiger partial charge in [-0.15, -0.1) is 0 Å². The number of nitrogens with zero attached hydrogens (tertiary/aromatic N) is 2. The molecular weight excluding hydrogens is 270 g/mol. The SMILES string of the molecule is CCCCCNc1nc(CCCC)c2c(c1C#N)CCCC2. The highest BCUT2D eigenvalue weighted by Crippen LogP contribution is 2.31. The number of fused-ring (bicyclic) bond motifs is 1. The Morgan fingerprint density at radius 1 is 1.05 bits per heavy atom. The molecule has 0 aliphatic heterocycles. The molecule has 0 atom stereocenters. The minimum atomic E-state index is 0.812. The molecule has 0 spiro atoms. The van der Waals surface area contributed by atoms with Gasteiger partial charge in [-0.05, 0) is 56.1 Å². The molecule has 120 valence electrons. The monoisotopic (exact) mass is 299 g/mol. The Kier molecular flexibility index (Phi) is 6.71. The van der Waals surface area contributed by atoms with E-state index >= 15 is 0 Å². The van der Waals surface area contributed by atoms with Crippen LogP contribution in [0.1, 0.15) is 81.2 Å². The van der Waals surface area contributed by atoms with Crippen molar-refractivity contribution in [1.29, 1.82) is 5.26 Å². The molecule has 3 nitrogen and oxygen atoms in total. The van der Waals surface area contributed by atoms with Gasteiger partial charge in [0, 0.05) is 12.2 Å². The van der Waals surface area contributed by atoms with E-state index in [9.17, 15) is 5.26 Å². The lowest BCUT2D eigenvalue weighted by molar-refractivity contribution is 0.661. The van der Waals surface area contributed by atoms with Crippen LogP contribution >= 0.6 is 0 Å². The zero-order valence-electron chi connectivity index (χ0n) is 14.2. The van der Waals surface area contributed by atoms with Gasteiger partial charge in [0.2, 0.25) is 0 Å². The smallest absolute Gasteiger partial charge is 0.144 e. The predicted molar refractivity (Wildman–Crippen MR) is 92.2 cm³/mol. The standard InChI is InChI=1S/C19H29N3/c1-3-5-9-13-21-19-17(14-20)15-10-7-8-11-16(15)18(22-19)12-6-4-2/h3-13H2,1-2H3,(H,21,22). The summed E-state index contributed by atoms with van der Waals surface area (Å²) in [6.07, 6.45) is 11.6. The normalized spacial score (nSPS) is 13.5. The fourth-order valence-corrected chi connectivity index (χ4v) is 3.28. The Morgan fingerprint density at radius 3 is 2.45 bits per heavy atom. The molecule has 1 aromatic rings. The third-order valence-electron chi connectivity index (χ3n) is 4.55. The molecule has 0 unspecified atom stereocenters. The molecule has 1 aliphatic carbocycles. The highest BCUT2D eigenvalue weighted by Gasteiger charge is 2.21. The van der Waals surface area contributed by atoms with Gasteiger partial charge in [0.25, 0.3) is 0 Å². The number of nitrogens with one attached hydrogen (secondary N) is 1. The zero-order valence-corrected chi connectivity index (χ0v) is 14.2. The number of aromatic nitrogens is 1. The number of aryl methyl sites for hydroxylation is 1. The van der Waals surface area contributed by atoms with Gasteiger partial charge in [0.05, 0.1) is 5.56 Å². The summed E-state index contributed by atoms with van der Waals surface area (Å²) in [6.45, 7) is 5.35. The van der Waals surface area contributed by atoms with E-state index in [4.69, 9.17) is 4.98 Å². The molecule has 1 N–H and O–H groups in total. The second kappa shape index (κ2) is 8.78. The number of pyridine rings is 1. The number of unbranched alkanes of at least 4 members (excludes halogenated alkanes) is 3. The molecule has 0 aromatic carbocycles. The molecule has 22 heavy (non-hydrogen) atoms. The first-order valence-electron chi connectivity index (χ1n) is 9.00. The van der Waals surface area contributed by atoms with Crippen LogP contribution in [0.2, 0.25) is 0 Å². The van der Waals surface area contributed by atoms with Crippen molar-refractivity contribution >= 4 is 5.82 Å². The van der Waals surface area contributed by atoms with Crippen LogP contribution in [0.4, 0.5) is 5.82 Å². The van der Waals surface area contributed by atoms with Crippen LogP contribution in [0.25, 0.3) is 0 Å². The lowest BCUT2D eigenvalue weighted by Gasteiger charge is -2.22. The van der Waals surface area contributed by atoms with Crippen LogP contribution in [-0.2, 0) is 19.3 Å². The largest absolute Gasteiger partial charge is 0.369 e. The lowest BCUT2D eigenvalue weighted by Crippen LogP contribution is -2.15. The van der Waals surface area contributed by atoms with Gasteiger partial charge in [-0.2, -0.15) is 5.26 Å². The molecule has 2 rings (SSSR count). The average molecular weight is 299 g/mol. The summed E-state index contributed by atoms with van der Waals surface area (Å²) in [5.41, 5.74) is 4.73. The van der Waals surface area contributed by atoms with Crippen LogP contribution in [0.15, 0.2) is 0 Å². The summed E-state index contributed by atoms with van der Waals surface area (Å²) >= 11 is 0.